The van der Waals surface area contributed by atoms with Crippen molar-refractivity contribution in [2.75, 3.05) is 17.2 Å². The van der Waals surface area contributed by atoms with E-state index in [0.29, 0.717) is 28.2 Å². The molecule has 2 aromatic heterocycles. The van der Waals surface area contributed by atoms with Crippen LogP contribution in [0.25, 0.3) is 10.4 Å². The number of anilines is 2. The van der Waals surface area contributed by atoms with Crippen molar-refractivity contribution in [1.29, 1.82) is 0 Å². The van der Waals surface area contributed by atoms with Crippen LogP contribution in [0.3, 0.4) is 0 Å². The largest absolute Gasteiger partial charge is 0.462 e. The number of nitrogens with one attached hydrogen (secondary N) is 2. The highest BCUT2D eigenvalue weighted by atomic mass is 32.1. The summed E-state index contributed by atoms with van der Waals surface area (Å²) in [6.07, 6.45) is 1.65. The summed E-state index contributed by atoms with van der Waals surface area (Å²) in [6, 6.07) is 13.4. The van der Waals surface area contributed by atoms with E-state index in [0.717, 1.165) is 16.1 Å². The first-order valence-corrected chi connectivity index (χ1v) is 9.53. The topological polar surface area (TPSA) is 76.1 Å². The molecule has 0 aliphatic heterocycles. The number of esters is 1. The first-order valence-electron chi connectivity index (χ1n) is 8.31. The summed E-state index contributed by atoms with van der Waals surface area (Å²) in [4.78, 5) is 21.7. The second kappa shape index (κ2) is 8.70. The molecule has 0 spiro atoms. The third-order valence-electron chi connectivity index (χ3n) is 3.53. The van der Waals surface area contributed by atoms with Crippen LogP contribution in [0.4, 0.5) is 10.9 Å². The molecule has 0 bridgehead atoms. The molecule has 0 saturated carbocycles. The number of carbonyl (C=O) groups excluding carboxylic acids is 1. The Hall–Kier alpha value is -2.84. The predicted octanol–water partition coefficient (Wildman–Crippen LogP) is 4.50. The highest BCUT2D eigenvalue weighted by Crippen LogP contribution is 2.36. The number of thiocarbonyl (C=S) groups is 1. The molecule has 0 aliphatic rings. The average Bonchev–Trinajstić information content (AvgIpc) is 3.06. The molecule has 0 radical (unpaired) electrons. The van der Waals surface area contributed by atoms with Crippen molar-refractivity contribution in [3.8, 4) is 10.4 Å². The third kappa shape index (κ3) is 4.87. The van der Waals surface area contributed by atoms with Gasteiger partial charge in [-0.3, -0.25) is 0 Å². The highest BCUT2D eigenvalue weighted by molar-refractivity contribution is 7.80. The van der Waals surface area contributed by atoms with Gasteiger partial charge in [-0.25, -0.2) is 14.8 Å². The molecular formula is C19H18N4O2S2. The Morgan fingerprint density at radius 2 is 2.00 bits per heavy atom. The fourth-order valence-corrected chi connectivity index (χ4v) is 3.65. The number of aromatic nitrogens is 2. The van der Waals surface area contributed by atoms with Gasteiger partial charge in [0.15, 0.2) is 5.11 Å². The van der Waals surface area contributed by atoms with Crippen LogP contribution in [0.1, 0.15) is 23.0 Å². The van der Waals surface area contributed by atoms with Gasteiger partial charge >= 0.3 is 5.97 Å². The van der Waals surface area contributed by atoms with Crippen molar-refractivity contribution < 1.29 is 9.53 Å². The Morgan fingerprint density at radius 1 is 1.22 bits per heavy atom. The summed E-state index contributed by atoms with van der Waals surface area (Å²) < 4.78 is 5.17. The Kier molecular flexibility index (Phi) is 6.10. The molecule has 3 rings (SSSR count). The number of hydrogen-bond acceptors (Lipinski definition) is 6. The number of benzene rings is 1. The molecule has 138 valence electrons. The van der Waals surface area contributed by atoms with Crippen LogP contribution >= 0.6 is 23.6 Å². The standard InChI is InChI=1S/C19H18N4O2S2/c1-3-25-17(24)14-11-15(13-7-5-4-6-8-13)27-16(14)22-19(26)23-18-20-10-9-12(2)21-18/h4-11H,3H2,1-2H3,(H2,20,21,22,23,26). The summed E-state index contributed by atoms with van der Waals surface area (Å²) in [5.74, 6) is -0.00180. The van der Waals surface area contributed by atoms with Gasteiger partial charge < -0.3 is 15.4 Å². The lowest BCUT2D eigenvalue weighted by molar-refractivity contribution is 0.0528. The fourth-order valence-electron chi connectivity index (χ4n) is 2.33. The summed E-state index contributed by atoms with van der Waals surface area (Å²) in [5, 5.41) is 6.90. The monoisotopic (exact) mass is 398 g/mol. The lowest BCUT2D eigenvalue weighted by Crippen LogP contribution is -2.21. The van der Waals surface area contributed by atoms with E-state index >= 15 is 0 Å². The second-order valence-electron chi connectivity index (χ2n) is 5.54. The third-order valence-corrected chi connectivity index (χ3v) is 4.84. The van der Waals surface area contributed by atoms with Crippen molar-refractivity contribution in [2.24, 2.45) is 0 Å². The number of aryl methyl sites for hydroxylation is 1. The van der Waals surface area contributed by atoms with Crippen molar-refractivity contribution in [2.45, 2.75) is 13.8 Å². The van der Waals surface area contributed by atoms with Gasteiger partial charge in [-0.2, -0.15) is 0 Å². The average molecular weight is 399 g/mol. The molecule has 0 aliphatic carbocycles. The van der Waals surface area contributed by atoms with Crippen molar-refractivity contribution in [3.63, 3.8) is 0 Å². The Balaban J connectivity index is 1.85. The molecule has 3 aromatic rings. The smallest absolute Gasteiger partial charge is 0.341 e. The maximum Gasteiger partial charge on any atom is 0.341 e. The van der Waals surface area contributed by atoms with Crippen LogP contribution in [0, 0.1) is 6.92 Å². The first kappa shape index (κ1) is 18.9. The second-order valence-corrected chi connectivity index (χ2v) is 7.00. The lowest BCUT2D eigenvalue weighted by Gasteiger charge is -2.09. The summed E-state index contributed by atoms with van der Waals surface area (Å²) in [7, 11) is 0. The van der Waals surface area contributed by atoms with Crippen LogP contribution in [-0.4, -0.2) is 27.7 Å². The molecule has 0 amide bonds. The zero-order valence-corrected chi connectivity index (χ0v) is 16.5. The van der Waals surface area contributed by atoms with Gasteiger partial charge in [0.05, 0.1) is 12.2 Å². The molecule has 8 heteroatoms. The molecule has 6 nitrogen and oxygen atoms in total. The SMILES string of the molecule is CCOC(=O)c1cc(-c2ccccc2)sc1NC(=S)Nc1nccc(C)n1. The Bertz CT molecular complexity index is 957. The van der Waals surface area contributed by atoms with E-state index in [1.807, 2.05) is 43.3 Å². The number of hydrogen-bond donors (Lipinski definition) is 2. The number of nitrogens with zero attached hydrogens (tertiary/aromatic N) is 2. The molecule has 0 fully saturated rings. The Morgan fingerprint density at radius 3 is 2.70 bits per heavy atom. The van der Waals surface area contributed by atoms with Crippen LogP contribution < -0.4 is 10.6 Å². The molecule has 0 atom stereocenters. The van der Waals surface area contributed by atoms with Crippen LogP contribution in [-0.2, 0) is 4.74 Å². The maximum absolute atomic E-state index is 12.4. The highest BCUT2D eigenvalue weighted by Gasteiger charge is 2.19. The molecule has 27 heavy (non-hydrogen) atoms. The van der Waals surface area contributed by atoms with Gasteiger partial charge in [0, 0.05) is 16.8 Å². The van der Waals surface area contributed by atoms with E-state index in [4.69, 9.17) is 17.0 Å². The van der Waals surface area contributed by atoms with Gasteiger partial charge in [0.2, 0.25) is 5.95 Å². The number of thiophene rings is 1. The van der Waals surface area contributed by atoms with Crippen molar-refractivity contribution in [3.05, 3.63) is 59.9 Å². The van der Waals surface area contributed by atoms with E-state index in [-0.39, 0.29) is 0 Å². The molecular weight excluding hydrogens is 380 g/mol. The van der Waals surface area contributed by atoms with E-state index in [1.54, 1.807) is 19.2 Å². The summed E-state index contributed by atoms with van der Waals surface area (Å²) in [5.41, 5.74) is 2.28. The fraction of sp³-hybridized carbons (Fsp3) is 0.158. The molecule has 2 N–H and O–H groups in total. The van der Waals surface area contributed by atoms with Gasteiger partial charge in [-0.05, 0) is 43.8 Å². The minimum atomic E-state index is -0.395. The first-order chi connectivity index (χ1) is 13.1. The van der Waals surface area contributed by atoms with E-state index in [9.17, 15) is 4.79 Å². The van der Waals surface area contributed by atoms with Crippen molar-refractivity contribution in [1.82, 2.24) is 9.97 Å². The van der Waals surface area contributed by atoms with Gasteiger partial charge in [0.25, 0.3) is 0 Å². The summed E-state index contributed by atoms with van der Waals surface area (Å²) >= 11 is 6.78. The van der Waals surface area contributed by atoms with Crippen LogP contribution in [0.5, 0.6) is 0 Å². The zero-order chi connectivity index (χ0) is 19.2. The van der Waals surface area contributed by atoms with Gasteiger partial charge in [0.1, 0.15) is 5.00 Å². The number of rotatable bonds is 5. The van der Waals surface area contributed by atoms with Crippen LogP contribution in [0.15, 0.2) is 48.7 Å². The maximum atomic E-state index is 12.4. The molecule has 1 aromatic carbocycles. The minimum Gasteiger partial charge on any atom is -0.462 e. The molecule has 2 heterocycles. The minimum absolute atomic E-state index is 0.299. The van der Waals surface area contributed by atoms with Crippen molar-refractivity contribution >= 4 is 45.6 Å². The molecule has 0 saturated heterocycles. The van der Waals surface area contributed by atoms with E-state index in [1.165, 1.54) is 11.3 Å². The number of carbonyl (C=O) groups is 1. The van der Waals surface area contributed by atoms with Gasteiger partial charge in [-0.1, -0.05) is 30.3 Å². The lowest BCUT2D eigenvalue weighted by atomic mass is 10.1. The summed E-state index contributed by atoms with van der Waals surface area (Å²) in [6.45, 7) is 3.94. The van der Waals surface area contributed by atoms with Crippen LogP contribution in [0.2, 0.25) is 0 Å². The van der Waals surface area contributed by atoms with E-state index in [2.05, 4.69) is 20.6 Å². The normalized spacial score (nSPS) is 10.3. The van der Waals surface area contributed by atoms with Gasteiger partial charge in [-0.15, -0.1) is 11.3 Å². The number of ether oxygens (including phenoxy) is 1. The quantitative estimate of drug-likeness (QED) is 0.484. The predicted molar refractivity (Wildman–Crippen MR) is 112 cm³/mol. The Labute approximate surface area is 166 Å². The van der Waals surface area contributed by atoms with E-state index < -0.39 is 5.97 Å². The zero-order valence-electron chi connectivity index (χ0n) is 14.9. The molecule has 0 unspecified atom stereocenters.